The number of morpholine rings is 1. The van der Waals surface area contributed by atoms with Crippen LogP contribution in [0.3, 0.4) is 0 Å². The number of nitrogens with zero attached hydrogens (tertiary/aromatic N) is 1. The fourth-order valence-electron chi connectivity index (χ4n) is 2.64. The molecule has 4 heteroatoms. The predicted molar refractivity (Wildman–Crippen MR) is 62.2 cm³/mol. The van der Waals surface area contributed by atoms with Crippen molar-refractivity contribution in [1.82, 2.24) is 10.2 Å². The molecule has 0 aromatic carbocycles. The smallest absolute Gasteiger partial charge is 0.242 e. The van der Waals surface area contributed by atoms with Gasteiger partial charge in [-0.25, -0.2) is 0 Å². The molecule has 2 rings (SSSR count). The summed E-state index contributed by atoms with van der Waals surface area (Å²) in [4.78, 5) is 14.4. The van der Waals surface area contributed by atoms with Crippen LogP contribution in [0.5, 0.6) is 0 Å². The molecule has 0 radical (unpaired) electrons. The van der Waals surface area contributed by atoms with E-state index in [0.29, 0.717) is 12.6 Å². The van der Waals surface area contributed by atoms with Crippen molar-refractivity contribution in [3.8, 4) is 0 Å². The van der Waals surface area contributed by atoms with E-state index in [1.165, 1.54) is 6.42 Å². The zero-order valence-electron chi connectivity index (χ0n) is 10.5. The Morgan fingerprint density at radius 1 is 1.44 bits per heavy atom. The molecular weight excluding hydrogens is 204 g/mol. The molecule has 2 fully saturated rings. The van der Waals surface area contributed by atoms with E-state index in [-0.39, 0.29) is 12.0 Å². The maximum atomic E-state index is 12.4. The van der Waals surface area contributed by atoms with Crippen molar-refractivity contribution in [3.63, 3.8) is 0 Å². The summed E-state index contributed by atoms with van der Waals surface area (Å²) in [6, 6.07) is 0.314. The lowest BCUT2D eigenvalue weighted by atomic mass is 10.0. The van der Waals surface area contributed by atoms with E-state index in [9.17, 15) is 4.79 Å². The van der Waals surface area contributed by atoms with Crippen molar-refractivity contribution in [1.29, 1.82) is 0 Å². The average Bonchev–Trinajstić information content (AvgIpc) is 2.75. The molecule has 0 aromatic rings. The molecule has 0 spiro atoms. The molecule has 4 nitrogen and oxygen atoms in total. The van der Waals surface area contributed by atoms with Crippen LogP contribution in [-0.4, -0.2) is 48.7 Å². The van der Waals surface area contributed by atoms with Crippen LogP contribution < -0.4 is 5.32 Å². The first-order chi connectivity index (χ1) is 7.56. The lowest BCUT2D eigenvalue weighted by Crippen LogP contribution is -2.60. The summed E-state index contributed by atoms with van der Waals surface area (Å²) < 4.78 is 5.71. The number of carbonyl (C=O) groups excluding carboxylic acids is 1. The van der Waals surface area contributed by atoms with E-state index in [0.717, 1.165) is 19.4 Å². The Balaban J connectivity index is 2.11. The van der Waals surface area contributed by atoms with Crippen molar-refractivity contribution >= 4 is 5.91 Å². The SMILES string of the molecule is CNC(C)(C)C(=O)N1CCOC2CCCC21. The first-order valence-electron chi connectivity index (χ1n) is 6.18. The van der Waals surface area contributed by atoms with Gasteiger partial charge in [0.2, 0.25) is 5.91 Å². The van der Waals surface area contributed by atoms with E-state index >= 15 is 0 Å². The van der Waals surface area contributed by atoms with Gasteiger partial charge in [-0.2, -0.15) is 0 Å². The van der Waals surface area contributed by atoms with E-state index < -0.39 is 5.54 Å². The van der Waals surface area contributed by atoms with Crippen LogP contribution in [0.2, 0.25) is 0 Å². The number of likely N-dealkylation sites (N-methyl/N-ethyl adjacent to an activating group) is 1. The van der Waals surface area contributed by atoms with Crippen molar-refractivity contribution in [2.75, 3.05) is 20.2 Å². The van der Waals surface area contributed by atoms with Crippen LogP contribution in [-0.2, 0) is 9.53 Å². The van der Waals surface area contributed by atoms with Crippen LogP contribution in [0.15, 0.2) is 0 Å². The maximum Gasteiger partial charge on any atom is 0.242 e. The molecule has 1 heterocycles. The Morgan fingerprint density at radius 3 is 2.88 bits per heavy atom. The van der Waals surface area contributed by atoms with Crippen molar-refractivity contribution < 1.29 is 9.53 Å². The van der Waals surface area contributed by atoms with Crippen LogP contribution in [0, 0.1) is 0 Å². The molecule has 1 N–H and O–H groups in total. The Bertz CT molecular complexity index is 278. The molecule has 1 aliphatic heterocycles. The number of nitrogens with one attached hydrogen (secondary N) is 1. The summed E-state index contributed by atoms with van der Waals surface area (Å²) in [5.74, 6) is 0.204. The first kappa shape index (κ1) is 11.9. The van der Waals surface area contributed by atoms with Gasteiger partial charge in [0.1, 0.15) is 0 Å². The standard InChI is InChI=1S/C12H22N2O2/c1-12(2,13-3)11(15)14-7-8-16-10-6-4-5-9(10)14/h9-10,13H,4-8H2,1-3H3. The van der Waals surface area contributed by atoms with Crippen LogP contribution in [0.1, 0.15) is 33.1 Å². The van der Waals surface area contributed by atoms with Gasteiger partial charge in [-0.1, -0.05) is 0 Å². The molecule has 2 atom stereocenters. The van der Waals surface area contributed by atoms with Crippen molar-refractivity contribution in [3.05, 3.63) is 0 Å². The predicted octanol–water partition coefficient (Wildman–Crippen LogP) is 0.764. The second-order valence-corrected chi connectivity index (χ2v) is 5.28. The Kier molecular flexibility index (Phi) is 3.22. The average molecular weight is 226 g/mol. The summed E-state index contributed by atoms with van der Waals surface area (Å²) in [7, 11) is 1.84. The number of carbonyl (C=O) groups is 1. The van der Waals surface area contributed by atoms with E-state index in [1.807, 2.05) is 25.8 Å². The number of amides is 1. The molecular formula is C12H22N2O2. The first-order valence-corrected chi connectivity index (χ1v) is 6.18. The van der Waals surface area contributed by atoms with Gasteiger partial charge in [0.05, 0.1) is 24.3 Å². The van der Waals surface area contributed by atoms with Gasteiger partial charge < -0.3 is 15.0 Å². The monoisotopic (exact) mass is 226 g/mol. The third kappa shape index (κ3) is 1.96. The van der Waals surface area contributed by atoms with Gasteiger partial charge >= 0.3 is 0 Å². The molecule has 1 saturated carbocycles. The lowest BCUT2D eigenvalue weighted by molar-refractivity contribution is -0.149. The fraction of sp³-hybridized carbons (Fsp3) is 0.917. The number of fused-ring (bicyclic) bond motifs is 1. The molecule has 2 aliphatic rings. The fourth-order valence-corrected chi connectivity index (χ4v) is 2.64. The molecule has 1 aliphatic carbocycles. The van der Waals surface area contributed by atoms with Crippen molar-refractivity contribution in [2.24, 2.45) is 0 Å². The summed E-state index contributed by atoms with van der Waals surface area (Å²) in [6.07, 6.45) is 3.66. The highest BCUT2D eigenvalue weighted by molar-refractivity contribution is 5.86. The minimum absolute atomic E-state index is 0.204. The van der Waals surface area contributed by atoms with Gasteiger partial charge in [0.25, 0.3) is 0 Å². The Hall–Kier alpha value is -0.610. The quantitative estimate of drug-likeness (QED) is 0.756. The van der Waals surface area contributed by atoms with E-state index in [4.69, 9.17) is 4.74 Å². The van der Waals surface area contributed by atoms with Gasteiger partial charge in [-0.3, -0.25) is 4.79 Å². The minimum Gasteiger partial charge on any atom is -0.374 e. The van der Waals surface area contributed by atoms with Gasteiger partial charge in [-0.15, -0.1) is 0 Å². The van der Waals surface area contributed by atoms with Crippen molar-refractivity contribution in [2.45, 2.75) is 50.8 Å². The summed E-state index contributed by atoms with van der Waals surface area (Å²) in [5.41, 5.74) is -0.468. The van der Waals surface area contributed by atoms with E-state index in [2.05, 4.69) is 5.32 Å². The number of rotatable bonds is 2. The van der Waals surface area contributed by atoms with E-state index in [1.54, 1.807) is 0 Å². The third-order valence-electron chi connectivity index (χ3n) is 3.90. The highest BCUT2D eigenvalue weighted by Gasteiger charge is 2.42. The topological polar surface area (TPSA) is 41.6 Å². The van der Waals surface area contributed by atoms with Crippen LogP contribution in [0.4, 0.5) is 0 Å². The van der Waals surface area contributed by atoms with Gasteiger partial charge in [-0.05, 0) is 40.2 Å². The number of hydrogen-bond donors (Lipinski definition) is 1. The molecule has 1 amide bonds. The van der Waals surface area contributed by atoms with Gasteiger partial charge in [0, 0.05) is 6.54 Å². The highest BCUT2D eigenvalue weighted by Crippen LogP contribution is 2.30. The molecule has 16 heavy (non-hydrogen) atoms. The van der Waals surface area contributed by atoms with Crippen LogP contribution in [0.25, 0.3) is 0 Å². The summed E-state index contributed by atoms with van der Waals surface area (Å²) >= 11 is 0. The van der Waals surface area contributed by atoms with Crippen LogP contribution >= 0.6 is 0 Å². The second kappa shape index (κ2) is 4.34. The third-order valence-corrected chi connectivity index (χ3v) is 3.90. The van der Waals surface area contributed by atoms with Gasteiger partial charge in [0.15, 0.2) is 0 Å². The lowest BCUT2D eigenvalue weighted by Gasteiger charge is -2.41. The minimum atomic E-state index is -0.468. The largest absolute Gasteiger partial charge is 0.374 e. The summed E-state index contributed by atoms with van der Waals surface area (Å²) in [5, 5.41) is 3.09. The normalized spacial score (nSPS) is 30.3. The second-order valence-electron chi connectivity index (χ2n) is 5.28. The number of ether oxygens (including phenoxy) is 1. The Morgan fingerprint density at radius 2 is 2.19 bits per heavy atom. The number of hydrogen-bond acceptors (Lipinski definition) is 3. The maximum absolute atomic E-state index is 12.4. The summed E-state index contributed by atoms with van der Waals surface area (Å²) in [6.45, 7) is 5.31. The molecule has 0 bridgehead atoms. The zero-order valence-corrected chi connectivity index (χ0v) is 10.5. The zero-order chi connectivity index (χ0) is 11.8. The molecule has 2 unspecified atom stereocenters. The Labute approximate surface area is 97.3 Å². The highest BCUT2D eigenvalue weighted by atomic mass is 16.5. The molecule has 1 saturated heterocycles. The molecule has 0 aromatic heterocycles. The molecule has 92 valence electrons.